The number of nitrogens with zero attached hydrogens (tertiary/aromatic N) is 5. The number of pyridine rings is 1. The number of hydrogen-bond donors (Lipinski definition) is 0. The second-order valence-electron chi connectivity index (χ2n) is 3.99. The summed E-state index contributed by atoms with van der Waals surface area (Å²) in [6.07, 6.45) is 12.5. The van der Waals surface area contributed by atoms with Crippen molar-refractivity contribution in [3.8, 4) is 22.5 Å². The van der Waals surface area contributed by atoms with Gasteiger partial charge in [0.1, 0.15) is 0 Å². The van der Waals surface area contributed by atoms with Gasteiger partial charge in [0.25, 0.3) is 0 Å². The van der Waals surface area contributed by atoms with Gasteiger partial charge in [-0.3, -0.25) is 4.98 Å². The Labute approximate surface area is 120 Å². The molecule has 5 nitrogen and oxygen atoms in total. The van der Waals surface area contributed by atoms with Crippen molar-refractivity contribution in [1.29, 1.82) is 0 Å². The summed E-state index contributed by atoms with van der Waals surface area (Å²) >= 11 is 1.50. The second-order valence-corrected chi connectivity index (χ2v) is 4.76. The lowest BCUT2D eigenvalue weighted by molar-refractivity contribution is 0.966. The first-order valence-electron chi connectivity index (χ1n) is 5.95. The standard InChI is InChI=1S/C14H11N5S/c1-20-14-18-8-12(9-19-14)13-16-6-11(7-17-13)10-2-4-15-5-3-10/h2-9H,1H3. The van der Waals surface area contributed by atoms with Gasteiger partial charge in [0, 0.05) is 42.7 Å². The fourth-order valence-electron chi connectivity index (χ4n) is 1.71. The fraction of sp³-hybridized carbons (Fsp3) is 0.0714. The lowest BCUT2D eigenvalue weighted by Gasteiger charge is -2.02. The largest absolute Gasteiger partial charge is 0.265 e. The summed E-state index contributed by atoms with van der Waals surface area (Å²) < 4.78 is 0. The van der Waals surface area contributed by atoms with Crippen LogP contribution in [0.1, 0.15) is 0 Å². The van der Waals surface area contributed by atoms with Crippen molar-refractivity contribution < 1.29 is 0 Å². The Hall–Kier alpha value is -2.34. The average molecular weight is 281 g/mol. The van der Waals surface area contributed by atoms with Gasteiger partial charge in [-0.2, -0.15) is 0 Å². The van der Waals surface area contributed by atoms with Crippen LogP contribution in [0.2, 0.25) is 0 Å². The lowest BCUT2D eigenvalue weighted by atomic mass is 10.1. The van der Waals surface area contributed by atoms with E-state index < -0.39 is 0 Å². The highest BCUT2D eigenvalue weighted by molar-refractivity contribution is 7.98. The molecule has 0 aliphatic heterocycles. The number of rotatable bonds is 3. The SMILES string of the molecule is CSc1ncc(-c2ncc(-c3ccncc3)cn2)cn1. The molecule has 3 aromatic heterocycles. The first-order chi connectivity index (χ1) is 9.86. The van der Waals surface area contributed by atoms with Crippen LogP contribution >= 0.6 is 11.8 Å². The summed E-state index contributed by atoms with van der Waals surface area (Å²) in [5.41, 5.74) is 2.81. The van der Waals surface area contributed by atoms with Crippen LogP contribution in [0.3, 0.4) is 0 Å². The van der Waals surface area contributed by atoms with Crippen molar-refractivity contribution in [2.24, 2.45) is 0 Å². The van der Waals surface area contributed by atoms with Gasteiger partial charge in [0.2, 0.25) is 0 Å². The third-order valence-electron chi connectivity index (χ3n) is 2.73. The molecule has 0 atom stereocenters. The molecule has 0 aliphatic rings. The molecule has 0 unspecified atom stereocenters. The molecule has 0 aromatic carbocycles. The number of thioether (sulfide) groups is 1. The molecule has 0 aliphatic carbocycles. The Morgan fingerprint density at radius 3 is 1.95 bits per heavy atom. The molecule has 3 aromatic rings. The average Bonchev–Trinajstić information content (AvgIpc) is 2.56. The molecule has 0 bridgehead atoms. The lowest BCUT2D eigenvalue weighted by Crippen LogP contribution is -1.92. The van der Waals surface area contributed by atoms with Crippen molar-refractivity contribution in [2.45, 2.75) is 5.16 Å². The van der Waals surface area contributed by atoms with Crippen LogP contribution in [0.5, 0.6) is 0 Å². The summed E-state index contributed by atoms with van der Waals surface area (Å²) in [7, 11) is 0. The van der Waals surface area contributed by atoms with Crippen LogP contribution in [0.25, 0.3) is 22.5 Å². The highest BCUT2D eigenvalue weighted by atomic mass is 32.2. The van der Waals surface area contributed by atoms with Gasteiger partial charge in [0.15, 0.2) is 11.0 Å². The Morgan fingerprint density at radius 1 is 0.750 bits per heavy atom. The van der Waals surface area contributed by atoms with Gasteiger partial charge in [-0.25, -0.2) is 19.9 Å². The van der Waals surface area contributed by atoms with E-state index in [1.54, 1.807) is 37.2 Å². The van der Waals surface area contributed by atoms with Gasteiger partial charge >= 0.3 is 0 Å². The van der Waals surface area contributed by atoms with E-state index in [0.717, 1.165) is 21.8 Å². The predicted molar refractivity (Wildman–Crippen MR) is 78.1 cm³/mol. The smallest absolute Gasteiger partial charge is 0.187 e. The van der Waals surface area contributed by atoms with Crippen molar-refractivity contribution in [3.05, 3.63) is 49.3 Å². The molecular weight excluding hydrogens is 270 g/mol. The molecule has 3 rings (SSSR count). The molecule has 0 N–H and O–H groups in total. The van der Waals surface area contributed by atoms with Gasteiger partial charge in [-0.05, 0) is 24.0 Å². The molecule has 0 radical (unpaired) electrons. The molecule has 3 heterocycles. The first kappa shape index (κ1) is 12.7. The van der Waals surface area contributed by atoms with Crippen LogP contribution in [0.4, 0.5) is 0 Å². The Bertz CT molecular complexity index is 683. The molecular formula is C14H11N5S. The molecule has 98 valence electrons. The highest BCUT2D eigenvalue weighted by Crippen LogP contribution is 2.19. The minimum atomic E-state index is 0.621. The zero-order valence-electron chi connectivity index (χ0n) is 10.8. The monoisotopic (exact) mass is 281 g/mol. The van der Waals surface area contributed by atoms with E-state index in [1.165, 1.54) is 11.8 Å². The van der Waals surface area contributed by atoms with Crippen LogP contribution in [0.15, 0.2) is 54.5 Å². The van der Waals surface area contributed by atoms with Crippen molar-refractivity contribution in [2.75, 3.05) is 6.26 Å². The van der Waals surface area contributed by atoms with Crippen LogP contribution < -0.4 is 0 Å². The minimum absolute atomic E-state index is 0.621. The zero-order valence-corrected chi connectivity index (χ0v) is 11.6. The third kappa shape index (κ3) is 2.65. The molecule has 0 amide bonds. The van der Waals surface area contributed by atoms with E-state index in [9.17, 15) is 0 Å². The maximum atomic E-state index is 4.36. The zero-order chi connectivity index (χ0) is 13.8. The summed E-state index contributed by atoms with van der Waals surface area (Å²) in [5, 5.41) is 0.738. The fourth-order valence-corrected chi connectivity index (χ4v) is 2.02. The van der Waals surface area contributed by atoms with E-state index >= 15 is 0 Å². The maximum Gasteiger partial charge on any atom is 0.187 e. The molecule has 6 heteroatoms. The van der Waals surface area contributed by atoms with Gasteiger partial charge in [-0.1, -0.05) is 11.8 Å². The Kier molecular flexibility index (Phi) is 3.64. The van der Waals surface area contributed by atoms with Gasteiger partial charge in [-0.15, -0.1) is 0 Å². The Balaban J connectivity index is 1.89. The number of hydrogen-bond acceptors (Lipinski definition) is 6. The highest BCUT2D eigenvalue weighted by Gasteiger charge is 2.04. The summed E-state index contributed by atoms with van der Waals surface area (Å²) in [6, 6.07) is 3.85. The molecule has 0 fully saturated rings. The van der Waals surface area contributed by atoms with Crippen LogP contribution in [0, 0.1) is 0 Å². The van der Waals surface area contributed by atoms with Crippen LogP contribution in [-0.2, 0) is 0 Å². The first-order valence-corrected chi connectivity index (χ1v) is 7.18. The van der Waals surface area contributed by atoms with E-state index in [4.69, 9.17) is 0 Å². The van der Waals surface area contributed by atoms with E-state index in [0.29, 0.717) is 5.82 Å². The van der Waals surface area contributed by atoms with E-state index in [1.807, 2.05) is 18.4 Å². The summed E-state index contributed by atoms with van der Waals surface area (Å²) in [5.74, 6) is 0.621. The normalized spacial score (nSPS) is 10.4. The van der Waals surface area contributed by atoms with Crippen molar-refractivity contribution in [1.82, 2.24) is 24.9 Å². The number of aromatic nitrogens is 5. The minimum Gasteiger partial charge on any atom is -0.265 e. The van der Waals surface area contributed by atoms with Gasteiger partial charge < -0.3 is 0 Å². The quantitative estimate of drug-likeness (QED) is 0.543. The third-order valence-corrected chi connectivity index (χ3v) is 3.31. The summed E-state index contributed by atoms with van der Waals surface area (Å²) in [4.78, 5) is 21.2. The van der Waals surface area contributed by atoms with E-state index in [2.05, 4.69) is 24.9 Å². The second kappa shape index (κ2) is 5.75. The Morgan fingerprint density at radius 2 is 1.35 bits per heavy atom. The van der Waals surface area contributed by atoms with E-state index in [-0.39, 0.29) is 0 Å². The molecule has 20 heavy (non-hydrogen) atoms. The van der Waals surface area contributed by atoms with Crippen LogP contribution in [-0.4, -0.2) is 31.2 Å². The maximum absolute atomic E-state index is 4.36. The molecule has 0 saturated heterocycles. The predicted octanol–water partition coefficient (Wildman–Crippen LogP) is 2.72. The summed E-state index contributed by atoms with van der Waals surface area (Å²) in [6.45, 7) is 0. The van der Waals surface area contributed by atoms with Crippen molar-refractivity contribution in [3.63, 3.8) is 0 Å². The van der Waals surface area contributed by atoms with Gasteiger partial charge in [0.05, 0.1) is 5.56 Å². The topological polar surface area (TPSA) is 64.5 Å². The van der Waals surface area contributed by atoms with Crippen molar-refractivity contribution >= 4 is 11.8 Å². The molecule has 0 spiro atoms. The molecule has 0 saturated carbocycles.